The van der Waals surface area contributed by atoms with Gasteiger partial charge in [-0.05, 0) is 32.1 Å². The number of anilines is 1. The summed E-state index contributed by atoms with van der Waals surface area (Å²) in [7, 11) is 0. The second-order valence-corrected chi connectivity index (χ2v) is 5.70. The first-order chi connectivity index (χ1) is 8.67. The highest BCUT2D eigenvalue weighted by atomic mass is 32.1. The number of amides is 2. The molecule has 2 amide bonds. The summed E-state index contributed by atoms with van der Waals surface area (Å²) in [5.74, 6) is 0. The number of hydrogen-bond donors (Lipinski definition) is 3. The Balaban J connectivity index is 1.78. The van der Waals surface area contributed by atoms with Crippen molar-refractivity contribution < 1.29 is 9.90 Å². The Kier molecular flexibility index (Phi) is 4.54. The first-order valence-corrected chi connectivity index (χ1v) is 7.19. The zero-order valence-electron chi connectivity index (χ0n) is 10.5. The highest BCUT2D eigenvalue weighted by molar-refractivity contribution is 7.15. The summed E-state index contributed by atoms with van der Waals surface area (Å²) < 4.78 is 0. The van der Waals surface area contributed by atoms with Crippen LogP contribution in [-0.2, 0) is 6.42 Å². The van der Waals surface area contributed by atoms with Gasteiger partial charge in [0.2, 0.25) is 0 Å². The van der Waals surface area contributed by atoms with Crippen molar-refractivity contribution in [2.45, 2.75) is 51.2 Å². The summed E-state index contributed by atoms with van der Waals surface area (Å²) in [6, 6.07) is -0.0348. The minimum Gasteiger partial charge on any atom is -0.393 e. The summed E-state index contributed by atoms with van der Waals surface area (Å²) in [5, 5.41) is 15.7. The number of urea groups is 1. The Morgan fingerprint density at radius 3 is 2.83 bits per heavy atom. The number of rotatable bonds is 3. The number of aliphatic hydroxyl groups is 1. The Morgan fingerprint density at radius 2 is 2.22 bits per heavy atom. The van der Waals surface area contributed by atoms with E-state index in [2.05, 4.69) is 22.5 Å². The molecule has 0 spiro atoms. The summed E-state index contributed by atoms with van der Waals surface area (Å²) in [6.45, 7) is 2.06. The lowest BCUT2D eigenvalue weighted by atomic mass is 9.93. The van der Waals surface area contributed by atoms with Gasteiger partial charge in [-0.2, -0.15) is 0 Å². The molecule has 0 saturated heterocycles. The standard InChI is InChI=1S/C12H19N3O2S/c1-2-10-7-13-12(18-10)15-11(17)14-8-3-5-9(16)6-4-8/h7-9,16H,2-6H2,1H3,(H2,13,14,15,17). The fourth-order valence-corrected chi connectivity index (χ4v) is 2.81. The second kappa shape index (κ2) is 6.15. The number of aromatic nitrogens is 1. The maximum Gasteiger partial charge on any atom is 0.321 e. The van der Waals surface area contributed by atoms with Crippen LogP contribution < -0.4 is 10.6 Å². The first-order valence-electron chi connectivity index (χ1n) is 6.37. The van der Waals surface area contributed by atoms with Crippen LogP contribution in [-0.4, -0.2) is 28.3 Å². The molecule has 0 aliphatic heterocycles. The Hall–Kier alpha value is -1.14. The fraction of sp³-hybridized carbons (Fsp3) is 0.667. The maximum absolute atomic E-state index is 11.7. The fourth-order valence-electron chi connectivity index (χ4n) is 2.07. The smallest absolute Gasteiger partial charge is 0.321 e. The van der Waals surface area contributed by atoms with E-state index in [1.807, 2.05) is 0 Å². The lowest BCUT2D eigenvalue weighted by molar-refractivity contribution is 0.118. The van der Waals surface area contributed by atoms with E-state index in [0.29, 0.717) is 5.13 Å². The molecule has 0 atom stereocenters. The number of nitrogens with one attached hydrogen (secondary N) is 2. The van der Waals surface area contributed by atoms with Gasteiger partial charge in [-0.1, -0.05) is 6.92 Å². The third kappa shape index (κ3) is 3.68. The van der Waals surface area contributed by atoms with E-state index in [9.17, 15) is 9.90 Å². The Labute approximate surface area is 111 Å². The lowest BCUT2D eigenvalue weighted by Gasteiger charge is -2.25. The van der Waals surface area contributed by atoms with Crippen LogP contribution in [0.25, 0.3) is 0 Å². The van der Waals surface area contributed by atoms with E-state index in [-0.39, 0.29) is 18.2 Å². The minimum atomic E-state index is -0.201. The van der Waals surface area contributed by atoms with Crippen molar-refractivity contribution in [2.75, 3.05) is 5.32 Å². The van der Waals surface area contributed by atoms with Gasteiger partial charge >= 0.3 is 6.03 Å². The Morgan fingerprint density at radius 1 is 1.50 bits per heavy atom. The van der Waals surface area contributed by atoms with Crippen molar-refractivity contribution >= 4 is 22.5 Å². The molecule has 1 fully saturated rings. The lowest BCUT2D eigenvalue weighted by Crippen LogP contribution is -2.40. The van der Waals surface area contributed by atoms with Gasteiger partial charge in [-0.15, -0.1) is 11.3 Å². The van der Waals surface area contributed by atoms with E-state index in [1.54, 1.807) is 6.20 Å². The van der Waals surface area contributed by atoms with Crippen LogP contribution in [0.5, 0.6) is 0 Å². The Bertz CT molecular complexity index is 400. The number of aryl methyl sites for hydroxylation is 1. The van der Waals surface area contributed by atoms with Gasteiger partial charge < -0.3 is 10.4 Å². The molecule has 1 aliphatic rings. The molecule has 1 aromatic rings. The molecule has 3 N–H and O–H groups in total. The normalized spacial score (nSPS) is 23.7. The second-order valence-electron chi connectivity index (χ2n) is 4.59. The molecule has 0 bridgehead atoms. The van der Waals surface area contributed by atoms with E-state index in [0.717, 1.165) is 37.0 Å². The molecule has 100 valence electrons. The van der Waals surface area contributed by atoms with Gasteiger partial charge in [0.15, 0.2) is 5.13 Å². The molecule has 2 rings (SSSR count). The van der Waals surface area contributed by atoms with Crippen LogP contribution >= 0.6 is 11.3 Å². The predicted octanol–water partition coefficient (Wildman–Crippen LogP) is 2.13. The van der Waals surface area contributed by atoms with Crippen molar-refractivity contribution in [1.82, 2.24) is 10.3 Å². The molecule has 0 aromatic carbocycles. The van der Waals surface area contributed by atoms with Crippen LogP contribution in [0.2, 0.25) is 0 Å². The van der Waals surface area contributed by atoms with Crippen LogP contribution in [0.4, 0.5) is 9.93 Å². The summed E-state index contributed by atoms with van der Waals surface area (Å²) in [6.07, 6.45) is 5.74. The number of carbonyl (C=O) groups is 1. The molecular formula is C12H19N3O2S. The monoisotopic (exact) mass is 269 g/mol. The van der Waals surface area contributed by atoms with Crippen LogP contribution in [0.1, 0.15) is 37.5 Å². The number of carbonyl (C=O) groups excluding carboxylic acids is 1. The SMILES string of the molecule is CCc1cnc(NC(=O)NC2CCC(O)CC2)s1. The molecule has 18 heavy (non-hydrogen) atoms. The van der Waals surface area contributed by atoms with Gasteiger partial charge in [-0.3, -0.25) is 5.32 Å². The van der Waals surface area contributed by atoms with Crippen LogP contribution in [0.3, 0.4) is 0 Å². The van der Waals surface area contributed by atoms with E-state index < -0.39 is 0 Å². The maximum atomic E-state index is 11.7. The van der Waals surface area contributed by atoms with E-state index >= 15 is 0 Å². The first kappa shape index (κ1) is 13.3. The number of nitrogens with zero attached hydrogens (tertiary/aromatic N) is 1. The van der Waals surface area contributed by atoms with Gasteiger partial charge in [0.05, 0.1) is 6.10 Å². The molecule has 0 radical (unpaired) electrons. The number of thiazole rings is 1. The van der Waals surface area contributed by atoms with Crippen LogP contribution in [0, 0.1) is 0 Å². The predicted molar refractivity (Wildman–Crippen MR) is 71.9 cm³/mol. The van der Waals surface area contributed by atoms with Gasteiger partial charge in [0, 0.05) is 17.1 Å². The largest absolute Gasteiger partial charge is 0.393 e. The quantitative estimate of drug-likeness (QED) is 0.787. The molecule has 0 unspecified atom stereocenters. The average Bonchev–Trinajstić information content (AvgIpc) is 2.79. The molecule has 1 heterocycles. The molecular weight excluding hydrogens is 250 g/mol. The van der Waals surface area contributed by atoms with Crippen molar-refractivity contribution in [3.8, 4) is 0 Å². The van der Waals surface area contributed by atoms with Crippen molar-refractivity contribution in [1.29, 1.82) is 0 Å². The van der Waals surface area contributed by atoms with Gasteiger partial charge in [-0.25, -0.2) is 9.78 Å². The van der Waals surface area contributed by atoms with Crippen molar-refractivity contribution in [3.05, 3.63) is 11.1 Å². The third-order valence-electron chi connectivity index (χ3n) is 3.15. The van der Waals surface area contributed by atoms with Crippen molar-refractivity contribution in [2.24, 2.45) is 0 Å². The van der Waals surface area contributed by atoms with Crippen molar-refractivity contribution in [3.63, 3.8) is 0 Å². The zero-order chi connectivity index (χ0) is 13.0. The molecule has 6 heteroatoms. The topological polar surface area (TPSA) is 74.2 Å². The molecule has 1 aliphatic carbocycles. The minimum absolute atomic E-state index is 0.166. The summed E-state index contributed by atoms with van der Waals surface area (Å²) in [4.78, 5) is 17.0. The summed E-state index contributed by atoms with van der Waals surface area (Å²) in [5.41, 5.74) is 0. The van der Waals surface area contributed by atoms with Crippen LogP contribution in [0.15, 0.2) is 6.20 Å². The molecule has 1 saturated carbocycles. The highest BCUT2D eigenvalue weighted by Gasteiger charge is 2.20. The summed E-state index contributed by atoms with van der Waals surface area (Å²) >= 11 is 1.50. The van der Waals surface area contributed by atoms with E-state index in [4.69, 9.17) is 0 Å². The average molecular weight is 269 g/mol. The van der Waals surface area contributed by atoms with Gasteiger partial charge in [0.25, 0.3) is 0 Å². The zero-order valence-corrected chi connectivity index (χ0v) is 11.3. The molecule has 5 nitrogen and oxygen atoms in total. The number of hydrogen-bond acceptors (Lipinski definition) is 4. The third-order valence-corrected chi connectivity index (χ3v) is 4.21. The molecule has 1 aromatic heterocycles. The van der Waals surface area contributed by atoms with Gasteiger partial charge in [0.1, 0.15) is 0 Å². The van der Waals surface area contributed by atoms with E-state index in [1.165, 1.54) is 11.3 Å². The number of aliphatic hydroxyl groups excluding tert-OH is 1. The highest BCUT2D eigenvalue weighted by Crippen LogP contribution is 2.20.